The van der Waals surface area contributed by atoms with Crippen molar-refractivity contribution in [1.82, 2.24) is 14.6 Å². The summed E-state index contributed by atoms with van der Waals surface area (Å²) >= 11 is 0. The van der Waals surface area contributed by atoms with Crippen molar-refractivity contribution in [3.05, 3.63) is 48.4 Å². The van der Waals surface area contributed by atoms with Gasteiger partial charge in [-0.05, 0) is 17.7 Å². The zero-order chi connectivity index (χ0) is 16.9. The third-order valence-corrected chi connectivity index (χ3v) is 4.23. The smallest absolute Gasteiger partial charge is 0.235 e. The Kier molecular flexibility index (Phi) is 2.64. The van der Waals surface area contributed by atoms with E-state index in [2.05, 4.69) is 10.1 Å². The fraction of sp³-hybridized carbons (Fsp3) is 0. The lowest BCUT2D eigenvalue weighted by atomic mass is 10.1. The molecule has 3 rings (SSSR count). The summed E-state index contributed by atoms with van der Waals surface area (Å²) in [7, 11) is -9.75. The Morgan fingerprint density at radius 3 is 2.43 bits per heavy atom. The number of aromatic nitrogens is 3. The number of fused-ring (bicyclic) bond motifs is 1. The topological polar surface area (TPSA) is 54.0 Å². The lowest BCUT2D eigenvalue weighted by Crippen LogP contribution is -2.06. The van der Waals surface area contributed by atoms with E-state index in [0.29, 0.717) is 12.1 Å². The number of rotatable bonds is 2. The van der Waals surface area contributed by atoms with Gasteiger partial charge in [0.2, 0.25) is 0 Å². The maximum Gasteiger partial charge on any atom is 0.310 e. The standard InChI is InChI=1S/C13H7F5N4S/c14-23(15,16,17,18)12-3-1-2-9(4-12)11-6-20-13-10(5-19)7-21-22(13)8-11/h1-4,6-8H. The number of hydrogen-bond donors (Lipinski definition) is 0. The average molecular weight is 346 g/mol. The van der Waals surface area contributed by atoms with Crippen LogP contribution in [0.25, 0.3) is 16.8 Å². The maximum atomic E-state index is 12.9. The summed E-state index contributed by atoms with van der Waals surface area (Å²) in [6, 6.07) is 4.72. The molecule has 0 amide bonds. The second-order valence-corrected chi connectivity index (χ2v) is 7.19. The molecular weight excluding hydrogens is 339 g/mol. The van der Waals surface area contributed by atoms with Crippen molar-refractivity contribution in [3.63, 3.8) is 0 Å². The maximum absolute atomic E-state index is 12.9. The Morgan fingerprint density at radius 1 is 1.04 bits per heavy atom. The average Bonchev–Trinajstić information content (AvgIpc) is 2.87. The van der Waals surface area contributed by atoms with E-state index >= 15 is 0 Å². The Bertz CT molecular complexity index is 972. The minimum absolute atomic E-state index is 0.0841. The summed E-state index contributed by atoms with van der Waals surface area (Å²) in [4.78, 5) is 1.96. The second-order valence-electron chi connectivity index (χ2n) is 4.78. The van der Waals surface area contributed by atoms with Crippen molar-refractivity contribution in [3.8, 4) is 17.2 Å². The van der Waals surface area contributed by atoms with Crippen molar-refractivity contribution in [2.24, 2.45) is 0 Å². The molecule has 2 heterocycles. The lowest BCUT2D eigenvalue weighted by Gasteiger charge is -2.40. The first-order valence-corrected chi connectivity index (χ1v) is 8.01. The third kappa shape index (κ3) is 2.83. The summed E-state index contributed by atoms with van der Waals surface area (Å²) in [6.45, 7) is 0. The van der Waals surface area contributed by atoms with E-state index in [0.717, 1.165) is 6.07 Å². The normalized spacial score (nSPS) is 15.0. The Labute approximate surface area is 126 Å². The molecule has 3 aromatic rings. The van der Waals surface area contributed by atoms with Gasteiger partial charge in [0.1, 0.15) is 16.5 Å². The highest BCUT2D eigenvalue weighted by atomic mass is 32.5. The summed E-state index contributed by atoms with van der Waals surface area (Å²) in [5.74, 6) is 0. The van der Waals surface area contributed by atoms with E-state index < -0.39 is 15.1 Å². The van der Waals surface area contributed by atoms with Gasteiger partial charge in [-0.25, -0.2) is 9.50 Å². The van der Waals surface area contributed by atoms with Crippen LogP contribution >= 0.6 is 10.2 Å². The lowest BCUT2D eigenvalue weighted by molar-refractivity contribution is 0.364. The molecular formula is C13H7F5N4S. The van der Waals surface area contributed by atoms with Gasteiger partial charge in [0.25, 0.3) is 0 Å². The van der Waals surface area contributed by atoms with Crippen molar-refractivity contribution in [2.75, 3.05) is 0 Å². The minimum Gasteiger partial charge on any atom is -0.235 e. The van der Waals surface area contributed by atoms with Gasteiger partial charge in [-0.15, -0.1) is 0 Å². The highest BCUT2D eigenvalue weighted by Gasteiger charge is 2.65. The van der Waals surface area contributed by atoms with Crippen molar-refractivity contribution in [1.29, 1.82) is 5.26 Å². The fourth-order valence-electron chi connectivity index (χ4n) is 2.02. The summed E-state index contributed by atoms with van der Waals surface area (Å²) in [6.07, 6.45) is 3.76. The molecule has 0 bridgehead atoms. The van der Waals surface area contributed by atoms with Crippen molar-refractivity contribution < 1.29 is 19.4 Å². The zero-order valence-electron chi connectivity index (χ0n) is 11.1. The molecule has 0 spiro atoms. The van der Waals surface area contributed by atoms with E-state index in [1.165, 1.54) is 29.2 Å². The van der Waals surface area contributed by atoms with Crippen LogP contribution in [0.2, 0.25) is 0 Å². The number of halogens is 5. The molecule has 0 saturated heterocycles. The van der Waals surface area contributed by atoms with Gasteiger partial charge in [-0.2, -0.15) is 10.4 Å². The predicted molar refractivity (Wildman–Crippen MR) is 74.5 cm³/mol. The second kappa shape index (κ2) is 3.99. The quantitative estimate of drug-likeness (QED) is 0.619. The van der Waals surface area contributed by atoms with Crippen LogP contribution in [0.1, 0.15) is 5.56 Å². The van der Waals surface area contributed by atoms with Crippen LogP contribution in [0.3, 0.4) is 0 Å². The molecule has 0 N–H and O–H groups in total. The SMILES string of the molecule is N#Cc1cnn2cc(-c3cccc(S(F)(F)(F)(F)F)c3)cnc12. The molecule has 2 aromatic heterocycles. The van der Waals surface area contributed by atoms with E-state index in [9.17, 15) is 19.4 Å². The summed E-state index contributed by atoms with van der Waals surface area (Å²) in [5, 5.41) is 12.7. The van der Waals surface area contributed by atoms with E-state index in [1.807, 2.05) is 6.07 Å². The van der Waals surface area contributed by atoms with Gasteiger partial charge in [0, 0.05) is 18.0 Å². The van der Waals surface area contributed by atoms with E-state index in [4.69, 9.17) is 5.26 Å². The first-order chi connectivity index (χ1) is 10.5. The van der Waals surface area contributed by atoms with Crippen LogP contribution in [-0.2, 0) is 0 Å². The van der Waals surface area contributed by atoms with Crippen LogP contribution in [0.4, 0.5) is 19.4 Å². The fourth-order valence-corrected chi connectivity index (χ4v) is 2.70. The molecule has 0 radical (unpaired) electrons. The Balaban J connectivity index is 2.16. The van der Waals surface area contributed by atoms with Crippen LogP contribution in [-0.4, -0.2) is 14.6 Å². The number of benzene rings is 1. The summed E-state index contributed by atoms with van der Waals surface area (Å²) in [5.41, 5.74) is 0.491. The van der Waals surface area contributed by atoms with E-state index in [-0.39, 0.29) is 22.3 Å². The van der Waals surface area contributed by atoms with Gasteiger partial charge in [-0.3, -0.25) is 0 Å². The number of hydrogen-bond acceptors (Lipinski definition) is 3. The molecule has 0 aliphatic heterocycles. The van der Waals surface area contributed by atoms with Crippen LogP contribution < -0.4 is 0 Å². The van der Waals surface area contributed by atoms with Gasteiger partial charge in [0.05, 0.1) is 6.20 Å². The monoisotopic (exact) mass is 346 g/mol. The Morgan fingerprint density at radius 2 is 1.78 bits per heavy atom. The molecule has 4 nitrogen and oxygen atoms in total. The first kappa shape index (κ1) is 15.2. The molecule has 1 aromatic carbocycles. The summed E-state index contributed by atoms with van der Waals surface area (Å²) < 4.78 is 65.6. The zero-order valence-corrected chi connectivity index (χ0v) is 11.9. The van der Waals surface area contributed by atoms with Crippen molar-refractivity contribution in [2.45, 2.75) is 4.90 Å². The molecule has 0 fully saturated rings. The van der Waals surface area contributed by atoms with Gasteiger partial charge in [-0.1, -0.05) is 31.6 Å². The highest BCUT2D eigenvalue weighted by Crippen LogP contribution is 3.02. The molecule has 0 saturated carbocycles. The molecule has 0 aliphatic rings. The van der Waals surface area contributed by atoms with Crippen LogP contribution in [0.5, 0.6) is 0 Å². The molecule has 120 valence electrons. The molecule has 0 atom stereocenters. The molecule has 23 heavy (non-hydrogen) atoms. The van der Waals surface area contributed by atoms with Gasteiger partial charge >= 0.3 is 10.2 Å². The molecule has 0 aliphatic carbocycles. The number of nitrogens with zero attached hydrogens (tertiary/aromatic N) is 4. The Hall–Kier alpha value is -2.67. The van der Waals surface area contributed by atoms with Gasteiger partial charge in [0.15, 0.2) is 5.65 Å². The molecule has 10 heteroatoms. The van der Waals surface area contributed by atoms with Crippen molar-refractivity contribution >= 4 is 15.9 Å². The predicted octanol–water partition coefficient (Wildman–Crippen LogP) is 4.93. The highest BCUT2D eigenvalue weighted by molar-refractivity contribution is 8.45. The largest absolute Gasteiger partial charge is 0.310 e. The number of nitriles is 1. The van der Waals surface area contributed by atoms with Crippen LogP contribution in [0.15, 0.2) is 47.8 Å². The van der Waals surface area contributed by atoms with E-state index in [1.54, 1.807) is 0 Å². The molecule has 0 unspecified atom stereocenters. The van der Waals surface area contributed by atoms with Crippen LogP contribution in [0, 0.1) is 11.3 Å². The van der Waals surface area contributed by atoms with Gasteiger partial charge < -0.3 is 0 Å². The first-order valence-electron chi connectivity index (χ1n) is 6.06. The minimum atomic E-state index is -9.75. The third-order valence-electron chi connectivity index (χ3n) is 3.09.